The highest BCUT2D eigenvalue weighted by atomic mass is 19.4. The van der Waals surface area contributed by atoms with Gasteiger partial charge in [0.15, 0.2) is 0 Å². The van der Waals surface area contributed by atoms with Crippen molar-refractivity contribution in [3.05, 3.63) is 99.8 Å². The molecule has 1 aromatic carbocycles. The first-order valence-corrected chi connectivity index (χ1v) is 13.2. The summed E-state index contributed by atoms with van der Waals surface area (Å²) in [5.41, 5.74) is -0.215. The lowest BCUT2D eigenvalue weighted by atomic mass is 10.0. The van der Waals surface area contributed by atoms with Gasteiger partial charge in [-0.3, -0.25) is 14.0 Å². The Bertz CT molecular complexity index is 1330. The number of rotatable bonds is 11. The molecule has 0 heterocycles. The van der Waals surface area contributed by atoms with Crippen molar-refractivity contribution in [3.8, 4) is 0 Å². The molecule has 0 aliphatic heterocycles. The number of carboxylic acid groups (broad SMARTS) is 1. The number of carboxylic acids is 1. The van der Waals surface area contributed by atoms with Crippen LogP contribution in [-0.2, 0) is 27.1 Å². The van der Waals surface area contributed by atoms with E-state index in [1.807, 2.05) is 0 Å². The maximum Gasteiger partial charge on any atom is 0.416 e. The number of nitrogens with zero attached hydrogens (tertiary/aromatic N) is 3. The lowest BCUT2D eigenvalue weighted by Crippen LogP contribution is -2.44. The fourth-order valence-corrected chi connectivity index (χ4v) is 3.92. The molecule has 0 bridgehead atoms. The zero-order valence-electron chi connectivity index (χ0n) is 24.5. The Morgan fingerprint density at radius 1 is 1.16 bits per heavy atom. The van der Waals surface area contributed by atoms with Crippen LogP contribution in [0, 0.1) is 4.91 Å². The third kappa shape index (κ3) is 11.1. The first kappa shape index (κ1) is 37.1. The number of hydrazone groups is 1. The summed E-state index contributed by atoms with van der Waals surface area (Å²) < 4.78 is 47.9. The number of carbonyl (C=O) groups excluding carboxylic acids is 2. The molecule has 14 heteroatoms. The quantitative estimate of drug-likeness (QED) is 0.0738. The van der Waals surface area contributed by atoms with Gasteiger partial charge < -0.3 is 15.7 Å². The smallest absolute Gasteiger partial charge is 0.416 e. The Balaban J connectivity index is 0.00000474. The zero-order chi connectivity index (χ0) is 33.4. The van der Waals surface area contributed by atoms with Gasteiger partial charge in [-0.15, -0.1) is 0 Å². The van der Waals surface area contributed by atoms with Gasteiger partial charge in [-0.25, -0.2) is 9.80 Å². The van der Waals surface area contributed by atoms with Crippen molar-refractivity contribution in [2.75, 3.05) is 7.18 Å². The van der Waals surface area contributed by atoms with Crippen molar-refractivity contribution >= 4 is 24.5 Å². The van der Waals surface area contributed by atoms with E-state index >= 15 is 0 Å². The van der Waals surface area contributed by atoms with Crippen LogP contribution in [0.15, 0.2) is 94.0 Å². The van der Waals surface area contributed by atoms with Gasteiger partial charge in [0.05, 0.1) is 24.4 Å². The molecule has 2 unspecified atom stereocenters. The Hall–Kier alpha value is -4.88. The highest BCUT2D eigenvalue weighted by molar-refractivity contribution is 6.00. The van der Waals surface area contributed by atoms with E-state index in [4.69, 9.17) is 0 Å². The molecule has 1 aromatic rings. The molecule has 2 amide bonds. The average Bonchev–Trinajstić information content (AvgIpc) is 3.10. The lowest BCUT2D eigenvalue weighted by Gasteiger charge is -2.26. The molecule has 238 valence electrons. The summed E-state index contributed by atoms with van der Waals surface area (Å²) in [6, 6.07) is 2.58. The number of carbonyl (C=O) groups is 3. The van der Waals surface area contributed by atoms with Crippen molar-refractivity contribution in [3.63, 3.8) is 0 Å². The van der Waals surface area contributed by atoms with Gasteiger partial charge in [0.25, 0.3) is 11.8 Å². The molecular formula is C30H35F4N5O5. The van der Waals surface area contributed by atoms with E-state index in [0.29, 0.717) is 18.4 Å². The van der Waals surface area contributed by atoms with Crippen LogP contribution < -0.4 is 10.6 Å². The minimum absolute atomic E-state index is 0.0524. The second kappa shape index (κ2) is 17.9. The standard InChI is InChI=1S/C29H32F3N5O5.CH3F/c1-5-19(3)37(33-4)25(16-18(2)26(38)34-17-20-12-14-22(15-13-20)29(30,31)32)27(39)35-23-10-6-8-21(28(40)41)9-7-11-24(23)36-42;1-2/h5-6,8-9,12-16,23-24H,2,4,7,10-11,17H2,1,3H3,(H,34,38)(H,35,39)(H,40,41);1H3/b8-6-,19-5-,21-9+,25-16-;. The largest absolute Gasteiger partial charge is 0.478 e. The number of hydrogen-bond donors (Lipinski definition) is 3. The molecule has 0 fully saturated rings. The molecule has 0 aromatic heterocycles. The SMILES string of the molecule is C=NN(/C(C)=C\C)/C(=C\C(=C)C(=O)NCc1ccc(C(F)(F)F)cc1)C(=O)NC1C/C=C\C(C(=O)O)=C/CCC1N=O.CF. The zero-order valence-corrected chi connectivity index (χ0v) is 24.5. The third-order valence-corrected chi connectivity index (χ3v) is 6.37. The van der Waals surface area contributed by atoms with Gasteiger partial charge in [-0.2, -0.15) is 23.2 Å². The van der Waals surface area contributed by atoms with Crippen LogP contribution in [0.3, 0.4) is 0 Å². The monoisotopic (exact) mass is 621 g/mol. The van der Waals surface area contributed by atoms with Crippen LogP contribution >= 0.6 is 0 Å². The minimum Gasteiger partial charge on any atom is -0.478 e. The highest BCUT2D eigenvalue weighted by Gasteiger charge is 2.30. The van der Waals surface area contributed by atoms with Crippen molar-refractivity contribution in [1.82, 2.24) is 15.6 Å². The lowest BCUT2D eigenvalue weighted by molar-refractivity contribution is -0.137. The number of nitrogens with one attached hydrogen (secondary N) is 2. The highest BCUT2D eigenvalue weighted by Crippen LogP contribution is 2.29. The number of benzene rings is 1. The van der Waals surface area contributed by atoms with Crippen molar-refractivity contribution in [2.45, 2.75) is 57.9 Å². The summed E-state index contributed by atoms with van der Waals surface area (Å²) in [5, 5.41) is 22.7. The summed E-state index contributed by atoms with van der Waals surface area (Å²) >= 11 is 0. The van der Waals surface area contributed by atoms with E-state index in [9.17, 15) is 42.0 Å². The molecule has 0 saturated carbocycles. The minimum atomic E-state index is -4.49. The predicted octanol–water partition coefficient (Wildman–Crippen LogP) is 5.56. The molecule has 2 rings (SSSR count). The summed E-state index contributed by atoms with van der Waals surface area (Å²) in [6.07, 6.45) is 3.21. The summed E-state index contributed by atoms with van der Waals surface area (Å²) in [7, 11) is 0.500. The van der Waals surface area contributed by atoms with Crippen LogP contribution in [0.5, 0.6) is 0 Å². The molecular weight excluding hydrogens is 586 g/mol. The van der Waals surface area contributed by atoms with Gasteiger partial charge in [0.2, 0.25) is 0 Å². The van der Waals surface area contributed by atoms with E-state index < -0.39 is 41.6 Å². The Morgan fingerprint density at radius 3 is 2.32 bits per heavy atom. The Kier molecular flexibility index (Phi) is 15.1. The third-order valence-electron chi connectivity index (χ3n) is 6.37. The van der Waals surface area contributed by atoms with E-state index in [1.165, 1.54) is 35.4 Å². The van der Waals surface area contributed by atoms with E-state index in [0.717, 1.165) is 18.2 Å². The van der Waals surface area contributed by atoms with Crippen molar-refractivity contribution in [2.24, 2.45) is 10.3 Å². The molecule has 2 atom stereocenters. The van der Waals surface area contributed by atoms with Crippen LogP contribution in [0.1, 0.15) is 44.2 Å². The molecule has 3 N–H and O–H groups in total. The maximum atomic E-state index is 13.5. The van der Waals surface area contributed by atoms with E-state index in [2.05, 4.69) is 34.2 Å². The van der Waals surface area contributed by atoms with Crippen molar-refractivity contribution in [1.29, 1.82) is 0 Å². The number of nitroso groups, excluding NO2 is 1. The van der Waals surface area contributed by atoms with Crippen molar-refractivity contribution < 1.29 is 37.1 Å². The maximum absolute atomic E-state index is 13.5. The van der Waals surface area contributed by atoms with E-state index in [-0.39, 0.29) is 42.7 Å². The molecule has 1 aliphatic rings. The fourth-order valence-electron chi connectivity index (χ4n) is 3.92. The van der Waals surface area contributed by atoms with Gasteiger partial charge in [-0.05, 0) is 56.9 Å². The van der Waals surface area contributed by atoms with Gasteiger partial charge in [-0.1, -0.05) is 48.2 Å². The predicted molar refractivity (Wildman–Crippen MR) is 159 cm³/mol. The number of halogens is 4. The van der Waals surface area contributed by atoms with Crippen LogP contribution in [0.2, 0.25) is 0 Å². The average molecular weight is 622 g/mol. The first-order valence-electron chi connectivity index (χ1n) is 13.2. The van der Waals surface area contributed by atoms with Gasteiger partial charge in [0.1, 0.15) is 11.7 Å². The molecule has 44 heavy (non-hydrogen) atoms. The second-order valence-corrected chi connectivity index (χ2v) is 9.25. The van der Waals surface area contributed by atoms with Gasteiger partial charge >= 0.3 is 12.1 Å². The molecule has 0 spiro atoms. The second-order valence-electron chi connectivity index (χ2n) is 9.25. The Morgan fingerprint density at radius 2 is 1.80 bits per heavy atom. The van der Waals surface area contributed by atoms with Gasteiger partial charge in [0, 0.05) is 24.5 Å². The molecule has 10 nitrogen and oxygen atoms in total. The van der Waals surface area contributed by atoms with Crippen LogP contribution in [0.25, 0.3) is 0 Å². The molecule has 0 saturated heterocycles. The van der Waals surface area contributed by atoms with Crippen LogP contribution in [0.4, 0.5) is 17.6 Å². The number of hydrogen-bond acceptors (Lipinski definition) is 7. The Labute approximate surface area is 252 Å². The molecule has 0 radical (unpaired) electrons. The first-order chi connectivity index (χ1) is 20.8. The fraction of sp³-hybridized carbons (Fsp3) is 0.333. The summed E-state index contributed by atoms with van der Waals surface area (Å²) in [4.78, 5) is 49.3. The molecule has 1 aliphatic carbocycles. The number of amides is 2. The normalized spacial score (nSPS) is 19.2. The van der Waals surface area contributed by atoms with E-state index in [1.54, 1.807) is 19.9 Å². The summed E-state index contributed by atoms with van der Waals surface area (Å²) in [6.45, 7) is 10.4. The number of aliphatic carboxylic acids is 1. The number of allylic oxidation sites excluding steroid dienone is 3. The topological polar surface area (TPSA) is 141 Å². The number of alkyl halides is 4. The van der Waals surface area contributed by atoms with Crippen LogP contribution in [-0.4, -0.2) is 53.9 Å². The summed E-state index contributed by atoms with van der Waals surface area (Å²) in [5.74, 6) is -2.57.